The lowest BCUT2D eigenvalue weighted by atomic mass is 9.87. The van der Waals surface area contributed by atoms with Crippen LogP contribution in [0.2, 0.25) is 0 Å². The van der Waals surface area contributed by atoms with Gasteiger partial charge in [-0.3, -0.25) is 29.3 Å². The molecule has 0 atom stereocenters. The molecule has 10 rings (SSSR count). The fraction of sp³-hybridized carbons (Fsp3) is 0.159. The van der Waals surface area contributed by atoms with Crippen molar-refractivity contribution >= 4 is 70.1 Å². The number of benzene rings is 6. The van der Waals surface area contributed by atoms with Crippen LogP contribution in [-0.4, -0.2) is 57.8 Å². The van der Waals surface area contributed by atoms with Gasteiger partial charge in [-0.1, -0.05) is 101 Å². The third kappa shape index (κ3) is 18.9. The molecule has 0 saturated carbocycles. The van der Waals surface area contributed by atoms with Crippen molar-refractivity contribution in [3.05, 3.63) is 252 Å². The normalized spacial score (nSPS) is 10.8. The molecule has 15 nitrogen and oxygen atoms in total. The van der Waals surface area contributed by atoms with E-state index in [1.165, 1.54) is 17.5 Å². The van der Waals surface area contributed by atoms with Crippen LogP contribution in [0, 0.1) is 0 Å². The van der Waals surface area contributed by atoms with Crippen molar-refractivity contribution in [2.45, 2.75) is 78.3 Å². The van der Waals surface area contributed by atoms with Crippen molar-refractivity contribution in [3.63, 3.8) is 0 Å². The molecule has 0 aliphatic rings. The number of nitrogens with one attached hydrogen (secondary N) is 3. The number of aryl methyl sites for hydroxylation is 1. The number of hydrogen-bond donors (Lipinski definition) is 3. The Morgan fingerprint density at radius 2 is 0.926 bits per heavy atom. The highest BCUT2D eigenvalue weighted by Crippen LogP contribution is 2.27. The summed E-state index contributed by atoms with van der Waals surface area (Å²) in [5, 5.41) is 19.0. The number of amides is 3. The molecule has 10 aromatic rings. The van der Waals surface area contributed by atoms with E-state index in [0.717, 1.165) is 73.1 Å². The number of nitrogens with zero attached hydrogens (tertiary/aromatic N) is 8. The van der Waals surface area contributed by atoms with E-state index in [0.29, 0.717) is 34.0 Å². The molecule has 0 spiro atoms. The van der Waals surface area contributed by atoms with Crippen LogP contribution in [0.4, 0.5) is 17.1 Å². The molecular weight excluding hydrogens is 1070 g/mol. The van der Waals surface area contributed by atoms with Gasteiger partial charge in [0.05, 0.1) is 18.6 Å². The maximum atomic E-state index is 12.7. The molecule has 81 heavy (non-hydrogen) atoms. The summed E-state index contributed by atoms with van der Waals surface area (Å²) in [7, 11) is 0. The molecule has 0 bridgehead atoms. The molecule has 0 radical (unpaired) electrons. The lowest BCUT2D eigenvalue weighted by molar-refractivity contribution is 0.101. The molecule has 0 saturated heterocycles. The van der Waals surface area contributed by atoms with E-state index in [1.807, 2.05) is 115 Å². The Hall–Kier alpha value is -8.84. The second-order valence-electron chi connectivity index (χ2n) is 19.1. The topological polar surface area (TPSA) is 204 Å². The lowest BCUT2D eigenvalue weighted by Crippen LogP contribution is -2.14. The molecule has 4 heterocycles. The first-order chi connectivity index (χ1) is 39.4. The monoisotopic (exact) mass is 1130 g/mol. The first-order valence-corrected chi connectivity index (χ1v) is 28.8. The van der Waals surface area contributed by atoms with E-state index in [-0.39, 0.29) is 23.1 Å². The summed E-state index contributed by atoms with van der Waals surface area (Å²) in [6.45, 7) is 8.63. The molecule has 4 aromatic heterocycles. The van der Waals surface area contributed by atoms with Crippen LogP contribution >= 0.6 is 35.3 Å². The Balaban J connectivity index is 0.000000159. The van der Waals surface area contributed by atoms with Crippen LogP contribution in [0.25, 0.3) is 11.5 Å². The highest BCUT2D eigenvalue weighted by molar-refractivity contribution is 7.98. The quantitative estimate of drug-likeness (QED) is 0.0684. The molecule has 3 N–H and O–H groups in total. The average Bonchev–Trinajstić information content (AvgIpc) is 4.07. The second-order valence-corrected chi connectivity index (χ2v) is 22.0. The summed E-state index contributed by atoms with van der Waals surface area (Å²) in [4.78, 5) is 62.7. The zero-order valence-electron chi connectivity index (χ0n) is 45.1. The van der Waals surface area contributed by atoms with E-state index >= 15 is 0 Å². The largest absolute Gasteiger partial charge is 0.423 e. The highest BCUT2D eigenvalue weighted by Gasteiger charge is 2.16. The van der Waals surface area contributed by atoms with Crippen LogP contribution in [0.1, 0.15) is 93.0 Å². The Bertz CT molecular complexity index is 3590. The van der Waals surface area contributed by atoms with Gasteiger partial charge in [-0.15, -0.1) is 45.5 Å². The third-order valence-electron chi connectivity index (χ3n) is 11.8. The number of thioether (sulfide) groups is 3. The number of rotatable bonds is 18. The number of aromatic nitrogens is 8. The van der Waals surface area contributed by atoms with Crippen molar-refractivity contribution < 1.29 is 18.8 Å². The Labute approximate surface area is 484 Å². The van der Waals surface area contributed by atoms with Crippen LogP contribution in [0.3, 0.4) is 0 Å². The van der Waals surface area contributed by atoms with Gasteiger partial charge in [0.15, 0.2) is 0 Å². The van der Waals surface area contributed by atoms with Gasteiger partial charge >= 0.3 is 0 Å². The minimum atomic E-state index is -0.186. The average molecular weight is 1130 g/mol. The van der Waals surface area contributed by atoms with Crippen LogP contribution in [-0.2, 0) is 29.1 Å². The Morgan fingerprint density at radius 3 is 1.35 bits per heavy atom. The van der Waals surface area contributed by atoms with Gasteiger partial charge in [-0.25, -0.2) is 15.0 Å². The number of hydrogen-bond acceptors (Lipinski definition) is 15. The SMILES string of the molecule is CC(C)(C)c1cccc(NC(=O)c2cccc(CSc3cnccn3)c2)c1.CCCc1ccc(NC(=O)c2cccc(CSc3cnccn3)c2)cc1.O=C(Nc1cccc(-c2nnco2)c1)c1cccc(CSc2cnccn2)c1. The van der Waals surface area contributed by atoms with E-state index in [4.69, 9.17) is 4.42 Å². The maximum absolute atomic E-state index is 12.7. The predicted octanol–water partition coefficient (Wildman–Crippen LogP) is 14.4. The summed E-state index contributed by atoms with van der Waals surface area (Å²) in [5.74, 6) is 2.19. The van der Waals surface area contributed by atoms with Crippen molar-refractivity contribution in [3.8, 4) is 11.5 Å². The molecule has 18 heteroatoms. The van der Waals surface area contributed by atoms with Gasteiger partial charge in [-0.05, 0) is 119 Å². The van der Waals surface area contributed by atoms with Crippen LogP contribution in [0.5, 0.6) is 0 Å². The molecule has 0 aliphatic heterocycles. The van der Waals surface area contributed by atoms with E-state index in [9.17, 15) is 14.4 Å². The molecule has 0 fully saturated rings. The summed E-state index contributed by atoms with van der Waals surface area (Å²) >= 11 is 4.77. The fourth-order valence-electron chi connectivity index (χ4n) is 7.70. The Morgan fingerprint density at radius 1 is 0.481 bits per heavy atom. The maximum Gasteiger partial charge on any atom is 0.255 e. The van der Waals surface area contributed by atoms with Crippen molar-refractivity contribution in [2.24, 2.45) is 0 Å². The van der Waals surface area contributed by atoms with Crippen LogP contribution < -0.4 is 16.0 Å². The molecule has 3 amide bonds. The number of carbonyl (C=O) groups excluding carboxylic acids is 3. The van der Waals surface area contributed by atoms with Gasteiger partial charge in [0.1, 0.15) is 15.1 Å². The van der Waals surface area contributed by atoms with Gasteiger partial charge < -0.3 is 20.4 Å². The molecule has 6 aromatic carbocycles. The molecule has 0 unspecified atom stereocenters. The molecular formula is C63H59N11O4S3. The summed E-state index contributed by atoms with van der Waals surface area (Å²) < 4.78 is 5.20. The fourth-order valence-corrected chi connectivity index (χ4v) is 10.00. The van der Waals surface area contributed by atoms with Gasteiger partial charge in [0.2, 0.25) is 12.3 Å². The molecule has 408 valence electrons. The summed E-state index contributed by atoms with van der Waals surface area (Å²) in [6, 6.07) is 46.2. The Kier molecular flexibility index (Phi) is 21.6. The van der Waals surface area contributed by atoms with Gasteiger partial charge in [-0.2, -0.15) is 0 Å². The third-order valence-corrected chi connectivity index (χ3v) is 14.8. The van der Waals surface area contributed by atoms with E-state index in [1.54, 1.807) is 103 Å². The number of carbonyl (C=O) groups is 3. The zero-order valence-corrected chi connectivity index (χ0v) is 47.6. The first kappa shape index (κ1) is 58.3. The van der Waals surface area contributed by atoms with Crippen molar-refractivity contribution in [1.29, 1.82) is 0 Å². The minimum absolute atomic E-state index is 0.0399. The lowest BCUT2D eigenvalue weighted by Gasteiger charge is -2.20. The smallest absolute Gasteiger partial charge is 0.255 e. The predicted molar refractivity (Wildman–Crippen MR) is 323 cm³/mol. The summed E-state index contributed by atoms with van der Waals surface area (Å²) in [6.07, 6.45) is 18.6. The molecule has 0 aliphatic carbocycles. The second kappa shape index (κ2) is 29.9. The van der Waals surface area contributed by atoms with Crippen LogP contribution in [0.15, 0.2) is 227 Å². The van der Waals surface area contributed by atoms with E-state index in [2.05, 4.69) is 102 Å². The minimum Gasteiger partial charge on any atom is -0.423 e. The highest BCUT2D eigenvalue weighted by atomic mass is 32.2. The van der Waals surface area contributed by atoms with E-state index < -0.39 is 0 Å². The zero-order chi connectivity index (χ0) is 56.7. The first-order valence-electron chi connectivity index (χ1n) is 25.9. The van der Waals surface area contributed by atoms with Gasteiger partial charge in [0, 0.05) is 93.8 Å². The standard InChI is InChI=1S/C22H23N3OS.C21H21N3OS.C20H15N5O2S/c1-22(2,3)18-8-5-9-19(13-18)25-21(26)17-7-4-6-16(12-17)15-27-20-14-23-10-11-24-20;1-2-4-16-7-9-19(10-8-16)24-21(25)18-6-3-5-17(13-18)15-26-20-14-22-11-12-23-20;26-19(24-17-6-2-5-16(10-17)20-25-23-13-27-20)15-4-1-3-14(9-15)12-28-18-11-21-7-8-22-18/h4-14H,15H2,1-3H3,(H,25,26);3,5-14H,2,4,15H2,1H3,(H,24,25);1-11,13H,12H2,(H,24,26). The van der Waals surface area contributed by atoms with Gasteiger partial charge in [0.25, 0.3) is 17.7 Å². The number of anilines is 3. The van der Waals surface area contributed by atoms with Crippen molar-refractivity contribution in [2.75, 3.05) is 16.0 Å². The van der Waals surface area contributed by atoms with Crippen molar-refractivity contribution in [1.82, 2.24) is 40.1 Å². The summed E-state index contributed by atoms with van der Waals surface area (Å²) in [5.41, 5.74) is 10.6.